The SMILES string of the molecule is Cc1ccc(C(=O)NC(=O)N(C)Sc2ccccc2)cc1. The molecule has 0 aliphatic carbocycles. The number of amides is 3. The summed E-state index contributed by atoms with van der Waals surface area (Å²) in [5.74, 6) is -0.402. The van der Waals surface area contributed by atoms with Gasteiger partial charge in [-0.2, -0.15) is 0 Å². The molecule has 0 fully saturated rings. The van der Waals surface area contributed by atoms with E-state index in [-0.39, 0.29) is 0 Å². The van der Waals surface area contributed by atoms with Crippen molar-refractivity contribution in [3.05, 3.63) is 65.7 Å². The van der Waals surface area contributed by atoms with E-state index >= 15 is 0 Å². The van der Waals surface area contributed by atoms with Gasteiger partial charge < -0.3 is 0 Å². The number of aryl methyl sites for hydroxylation is 1. The highest BCUT2D eigenvalue weighted by atomic mass is 32.2. The van der Waals surface area contributed by atoms with Crippen LogP contribution >= 0.6 is 11.9 Å². The molecule has 0 aromatic heterocycles. The van der Waals surface area contributed by atoms with Crippen molar-refractivity contribution in [2.45, 2.75) is 11.8 Å². The van der Waals surface area contributed by atoms with Crippen molar-refractivity contribution in [3.8, 4) is 0 Å². The predicted octanol–water partition coefficient (Wildman–Crippen LogP) is 3.48. The summed E-state index contributed by atoms with van der Waals surface area (Å²) in [5, 5.41) is 2.36. The van der Waals surface area contributed by atoms with Gasteiger partial charge in [-0.25, -0.2) is 4.79 Å². The first kappa shape index (κ1) is 15.1. The molecule has 2 aromatic rings. The Balaban J connectivity index is 1.94. The molecule has 0 spiro atoms. The van der Waals surface area contributed by atoms with Crippen LogP contribution in [0.2, 0.25) is 0 Å². The van der Waals surface area contributed by atoms with Crippen LogP contribution in [0.15, 0.2) is 59.5 Å². The number of hydrogen-bond donors (Lipinski definition) is 1. The fraction of sp³-hybridized carbons (Fsp3) is 0.125. The van der Waals surface area contributed by atoms with Gasteiger partial charge in [0.25, 0.3) is 5.91 Å². The second kappa shape index (κ2) is 6.95. The normalized spacial score (nSPS) is 10.0. The van der Waals surface area contributed by atoms with Gasteiger partial charge in [0.15, 0.2) is 0 Å². The Hall–Kier alpha value is -2.27. The summed E-state index contributed by atoms with van der Waals surface area (Å²) >= 11 is 1.26. The second-order valence-corrected chi connectivity index (χ2v) is 5.73. The molecule has 21 heavy (non-hydrogen) atoms. The Morgan fingerprint density at radius 3 is 2.24 bits per heavy atom. The van der Waals surface area contributed by atoms with Gasteiger partial charge in [-0.3, -0.25) is 14.4 Å². The molecule has 1 N–H and O–H groups in total. The number of nitrogens with zero attached hydrogens (tertiary/aromatic N) is 1. The van der Waals surface area contributed by atoms with E-state index < -0.39 is 11.9 Å². The Bertz CT molecular complexity index is 626. The lowest BCUT2D eigenvalue weighted by molar-refractivity contribution is 0.0961. The monoisotopic (exact) mass is 300 g/mol. The first-order valence-electron chi connectivity index (χ1n) is 6.45. The van der Waals surface area contributed by atoms with Gasteiger partial charge in [0.05, 0.1) is 0 Å². The highest BCUT2D eigenvalue weighted by molar-refractivity contribution is 7.97. The predicted molar refractivity (Wildman–Crippen MR) is 84.1 cm³/mol. The number of hydrogen-bond acceptors (Lipinski definition) is 3. The van der Waals surface area contributed by atoms with Crippen molar-refractivity contribution < 1.29 is 9.59 Å². The van der Waals surface area contributed by atoms with E-state index in [1.54, 1.807) is 19.2 Å². The molecule has 4 nitrogen and oxygen atoms in total. The number of nitrogens with one attached hydrogen (secondary N) is 1. The fourth-order valence-electron chi connectivity index (χ4n) is 1.63. The maximum Gasteiger partial charge on any atom is 0.334 e. The molecule has 0 saturated carbocycles. The van der Waals surface area contributed by atoms with Gasteiger partial charge in [0.1, 0.15) is 0 Å². The summed E-state index contributed by atoms with van der Waals surface area (Å²) in [7, 11) is 1.62. The molecule has 0 bridgehead atoms. The van der Waals surface area contributed by atoms with E-state index in [0.717, 1.165) is 10.5 Å². The highest BCUT2D eigenvalue weighted by Gasteiger charge is 2.14. The molecule has 0 atom stereocenters. The van der Waals surface area contributed by atoms with E-state index in [1.807, 2.05) is 49.4 Å². The van der Waals surface area contributed by atoms with Crippen LogP contribution in [0.3, 0.4) is 0 Å². The zero-order valence-corrected chi connectivity index (χ0v) is 12.7. The third-order valence-corrected chi connectivity index (χ3v) is 3.73. The van der Waals surface area contributed by atoms with Crippen LogP contribution in [0, 0.1) is 6.92 Å². The number of rotatable bonds is 3. The number of carbonyl (C=O) groups is 2. The van der Waals surface area contributed by atoms with Crippen molar-refractivity contribution in [2.24, 2.45) is 0 Å². The summed E-state index contributed by atoms with van der Waals surface area (Å²) in [6.07, 6.45) is 0. The lowest BCUT2D eigenvalue weighted by Gasteiger charge is -2.15. The summed E-state index contributed by atoms with van der Waals surface area (Å²) < 4.78 is 1.39. The third-order valence-electron chi connectivity index (χ3n) is 2.81. The van der Waals surface area contributed by atoms with Crippen molar-refractivity contribution in [2.75, 3.05) is 7.05 Å². The molecule has 0 radical (unpaired) electrons. The van der Waals surface area contributed by atoms with Gasteiger partial charge in [-0.1, -0.05) is 35.9 Å². The van der Waals surface area contributed by atoms with Crippen molar-refractivity contribution in [1.82, 2.24) is 9.62 Å². The molecular weight excluding hydrogens is 284 g/mol. The lowest BCUT2D eigenvalue weighted by Crippen LogP contribution is -2.37. The molecule has 0 aliphatic rings. The molecule has 0 saturated heterocycles. The molecule has 0 aliphatic heterocycles. The molecule has 3 amide bonds. The van der Waals surface area contributed by atoms with Crippen LogP contribution in [-0.4, -0.2) is 23.3 Å². The van der Waals surface area contributed by atoms with Crippen LogP contribution in [0.5, 0.6) is 0 Å². The van der Waals surface area contributed by atoms with Crippen molar-refractivity contribution in [1.29, 1.82) is 0 Å². The summed E-state index contributed by atoms with van der Waals surface area (Å²) in [6, 6.07) is 16.1. The van der Waals surface area contributed by atoms with Crippen LogP contribution in [0.4, 0.5) is 4.79 Å². The van der Waals surface area contributed by atoms with Crippen molar-refractivity contribution in [3.63, 3.8) is 0 Å². The van der Waals surface area contributed by atoms with Crippen LogP contribution in [-0.2, 0) is 0 Å². The lowest BCUT2D eigenvalue weighted by atomic mass is 10.1. The standard InChI is InChI=1S/C16H16N2O2S/c1-12-8-10-13(11-9-12)15(19)17-16(20)18(2)21-14-6-4-3-5-7-14/h3-11H,1-2H3,(H,17,19,20). The summed E-state index contributed by atoms with van der Waals surface area (Å²) in [5.41, 5.74) is 1.53. The fourth-order valence-corrected chi connectivity index (χ4v) is 2.36. The van der Waals surface area contributed by atoms with Crippen LogP contribution < -0.4 is 5.32 Å². The number of imide groups is 1. The van der Waals surface area contributed by atoms with E-state index in [0.29, 0.717) is 5.56 Å². The molecule has 108 valence electrons. The second-order valence-electron chi connectivity index (χ2n) is 4.53. The maximum absolute atomic E-state index is 12.0. The van der Waals surface area contributed by atoms with Gasteiger partial charge in [0, 0.05) is 17.5 Å². The molecule has 0 heterocycles. The average molecular weight is 300 g/mol. The summed E-state index contributed by atoms with van der Waals surface area (Å²) in [6.45, 7) is 1.94. The first-order chi connectivity index (χ1) is 10.1. The summed E-state index contributed by atoms with van der Waals surface area (Å²) in [4.78, 5) is 24.9. The Morgan fingerprint density at radius 1 is 1.00 bits per heavy atom. The first-order valence-corrected chi connectivity index (χ1v) is 7.22. The smallest absolute Gasteiger partial charge is 0.273 e. The third kappa shape index (κ3) is 4.36. The topological polar surface area (TPSA) is 49.4 Å². The Morgan fingerprint density at radius 2 is 1.62 bits per heavy atom. The molecule has 0 unspecified atom stereocenters. The largest absolute Gasteiger partial charge is 0.334 e. The number of benzene rings is 2. The molecule has 2 aromatic carbocycles. The van der Waals surface area contributed by atoms with Crippen molar-refractivity contribution >= 4 is 23.9 Å². The van der Waals surface area contributed by atoms with Gasteiger partial charge in [-0.15, -0.1) is 0 Å². The number of urea groups is 1. The minimum Gasteiger partial charge on any atom is -0.273 e. The molecule has 2 rings (SSSR count). The average Bonchev–Trinajstić information content (AvgIpc) is 2.48. The Labute approximate surface area is 128 Å². The zero-order chi connectivity index (χ0) is 15.2. The van der Waals surface area contributed by atoms with Crippen LogP contribution in [0.25, 0.3) is 0 Å². The Kier molecular flexibility index (Phi) is 5.00. The minimum atomic E-state index is -0.450. The maximum atomic E-state index is 12.0. The zero-order valence-electron chi connectivity index (χ0n) is 11.9. The van der Waals surface area contributed by atoms with Gasteiger partial charge in [-0.05, 0) is 43.1 Å². The van der Waals surface area contributed by atoms with Crippen LogP contribution in [0.1, 0.15) is 15.9 Å². The van der Waals surface area contributed by atoms with Gasteiger partial charge >= 0.3 is 6.03 Å². The van der Waals surface area contributed by atoms with Gasteiger partial charge in [0.2, 0.25) is 0 Å². The van der Waals surface area contributed by atoms with E-state index in [9.17, 15) is 9.59 Å². The molecule has 5 heteroatoms. The van der Waals surface area contributed by atoms with E-state index in [2.05, 4.69) is 5.32 Å². The minimum absolute atomic E-state index is 0.402. The molecular formula is C16H16N2O2S. The quantitative estimate of drug-likeness (QED) is 0.883. The van der Waals surface area contributed by atoms with E-state index in [1.165, 1.54) is 16.3 Å². The highest BCUT2D eigenvalue weighted by Crippen LogP contribution is 2.20. The van der Waals surface area contributed by atoms with E-state index in [4.69, 9.17) is 0 Å². The number of carbonyl (C=O) groups excluding carboxylic acids is 2.